The summed E-state index contributed by atoms with van der Waals surface area (Å²) in [5, 5.41) is 113. The number of likely N-dealkylation sites (N-methyl/N-ethyl adjacent to an activating group) is 1. The largest absolute Gasteiger partial charge is 0.507 e. The van der Waals surface area contributed by atoms with Crippen LogP contribution >= 0.6 is 0 Å². The fourth-order valence-electron chi connectivity index (χ4n) is 9.82. The van der Waals surface area contributed by atoms with Gasteiger partial charge in [-0.3, -0.25) is 28.9 Å². The van der Waals surface area contributed by atoms with E-state index in [2.05, 4.69) is 5.32 Å². The predicted octanol–water partition coefficient (Wildman–Crippen LogP) is 0.928. The summed E-state index contributed by atoms with van der Waals surface area (Å²) in [5.41, 5.74) is -2.39. The third kappa shape index (κ3) is 9.07. The highest BCUT2D eigenvalue weighted by atomic mass is 16.7. The Morgan fingerprint density at radius 2 is 1.44 bits per heavy atom. The molecule has 2 heterocycles. The average molecular weight is 989 g/mol. The highest BCUT2D eigenvalue weighted by Crippen LogP contribution is 2.57. The van der Waals surface area contributed by atoms with E-state index in [0.29, 0.717) is 11.1 Å². The number of hydrogen-bond acceptors (Lipinski definition) is 19. The Kier molecular flexibility index (Phi) is 14.0. The molecule has 4 aromatic rings. The molecule has 4 aliphatic rings. The number of phenolic OH excluding ortho intramolecular Hbond substituents is 3. The van der Waals surface area contributed by atoms with Gasteiger partial charge in [0.2, 0.25) is 0 Å². The Morgan fingerprint density at radius 3 is 2.08 bits per heavy atom. The molecular weight excluding hydrogens is 937 g/mol. The minimum Gasteiger partial charge on any atom is -0.507 e. The smallest absolute Gasteiger partial charge is 0.325 e. The maximum absolute atomic E-state index is 14.2. The van der Waals surface area contributed by atoms with Crippen molar-refractivity contribution in [2.24, 2.45) is 0 Å². The van der Waals surface area contributed by atoms with Gasteiger partial charge in [0, 0.05) is 34.9 Å². The summed E-state index contributed by atoms with van der Waals surface area (Å²) in [4.78, 5) is 67.0. The number of fused-ring (bicyclic) bond motifs is 5. The van der Waals surface area contributed by atoms with Crippen molar-refractivity contribution in [2.45, 2.75) is 107 Å². The molecule has 22 nitrogen and oxygen atoms in total. The normalized spacial score (nSPS) is 27.2. The quantitative estimate of drug-likeness (QED) is 0.0781. The molecule has 22 heteroatoms. The second kappa shape index (κ2) is 19.6. The summed E-state index contributed by atoms with van der Waals surface area (Å²) in [5.74, 6) is -7.83. The number of aliphatic carboxylic acids is 2. The second-order valence-electron chi connectivity index (χ2n) is 18.1. The highest BCUT2D eigenvalue weighted by molar-refractivity contribution is 6.31. The number of carbonyl (C=O) groups excluding carboxylic acids is 3. The van der Waals surface area contributed by atoms with Gasteiger partial charge in [0.1, 0.15) is 71.8 Å². The third-order valence-electron chi connectivity index (χ3n) is 13.4. The number of ketones is 2. The Bertz CT molecular complexity index is 2820. The van der Waals surface area contributed by atoms with E-state index in [4.69, 9.17) is 23.7 Å². The fraction of sp³-hybridized carbons (Fsp3) is 0.408. The number of ether oxygens (including phenoxy) is 5. The average Bonchev–Trinajstić information content (AvgIpc) is 3.30. The number of hydrogen-bond donors (Lipinski definition) is 11. The lowest BCUT2D eigenvalue weighted by Gasteiger charge is -2.49. The van der Waals surface area contributed by atoms with Crippen molar-refractivity contribution in [2.75, 3.05) is 20.8 Å². The van der Waals surface area contributed by atoms with E-state index < -0.39 is 160 Å². The molecule has 0 bridgehead atoms. The number of aliphatic hydroxyl groups excluding tert-OH is 5. The SMILES string of the molecule is COc1cc(O)c2c(c1)C(=O)c1c(cc3c(c1O)-c1c(cc(C)c(C(=O)N[C@H](C)C(=O)O)c1O)[C@H](O[C@@H]1O[C@H](C)[C@H](N(C)Cc4ccc(CC(=O)O)cc4)[C@H](O[C@@H]4OC[C@@H](O)[C@H](O)[C@H]4O)[C@H]1O)[C@H]3O)C2=O. The van der Waals surface area contributed by atoms with Gasteiger partial charge in [-0.15, -0.1) is 0 Å². The molecule has 0 aromatic heterocycles. The third-order valence-corrected chi connectivity index (χ3v) is 13.4. The van der Waals surface area contributed by atoms with Crippen molar-refractivity contribution >= 4 is 29.4 Å². The van der Waals surface area contributed by atoms with Gasteiger partial charge in [-0.25, -0.2) is 0 Å². The van der Waals surface area contributed by atoms with E-state index >= 15 is 0 Å². The monoisotopic (exact) mass is 988 g/mol. The van der Waals surface area contributed by atoms with E-state index in [9.17, 15) is 75.0 Å². The zero-order chi connectivity index (χ0) is 51.7. The molecule has 2 aliphatic heterocycles. The Hall–Kier alpha value is -6.57. The standard InChI is InChI=1S/C49H52N2O20/c1-17-10-26-33(40(60)30(17)46(64)50-18(2)47(65)66)32-24(14-25-34(41(32)61)37(57)23-12-22(67-5)13-27(52)31(23)36(25)56)38(58)44(26)70-49-43(63)45(71-48-42(62)39(59)28(53)16-68-48)35(19(3)69-49)51(4)15-21-8-6-20(7-9-21)11-29(54)55/h6-10,12-14,18-19,28,35,38-39,42-45,48-49,52-53,58-63H,11,15-16H2,1-5H3,(H,50,64)(H,54,55)(H,65,66)/t18-,19-,28-,35+,38+,39+,42-,43-,44+,45+,48+,49+/m1/s1. The number of rotatable bonds is 13. The van der Waals surface area contributed by atoms with Gasteiger partial charge in [-0.05, 0) is 67.8 Å². The lowest BCUT2D eigenvalue weighted by atomic mass is 9.74. The van der Waals surface area contributed by atoms with Crippen LogP contribution in [0.1, 0.15) is 96.1 Å². The van der Waals surface area contributed by atoms with Crippen LogP contribution in [-0.2, 0) is 41.5 Å². The number of amides is 1. The number of phenols is 3. The summed E-state index contributed by atoms with van der Waals surface area (Å²) in [7, 11) is 2.92. The van der Waals surface area contributed by atoms with Crippen LogP contribution in [0, 0.1) is 6.92 Å². The number of aromatic hydroxyl groups is 3. The first-order valence-corrected chi connectivity index (χ1v) is 22.3. The van der Waals surface area contributed by atoms with Crippen LogP contribution in [0.3, 0.4) is 0 Å². The van der Waals surface area contributed by atoms with Crippen LogP contribution < -0.4 is 10.1 Å². The molecule has 378 valence electrons. The first-order valence-electron chi connectivity index (χ1n) is 22.3. The van der Waals surface area contributed by atoms with Gasteiger partial charge in [0.05, 0.1) is 49.0 Å². The van der Waals surface area contributed by atoms with E-state index in [1.165, 1.54) is 33.1 Å². The van der Waals surface area contributed by atoms with Crippen LogP contribution in [0.2, 0.25) is 0 Å². The van der Waals surface area contributed by atoms with Crippen LogP contribution in [-0.4, -0.2) is 167 Å². The number of benzene rings is 4. The molecule has 11 N–H and O–H groups in total. The number of carbonyl (C=O) groups is 5. The van der Waals surface area contributed by atoms with Gasteiger partial charge in [0.25, 0.3) is 5.91 Å². The van der Waals surface area contributed by atoms with E-state index in [1.807, 2.05) is 0 Å². The molecule has 8 rings (SSSR count). The number of carboxylic acid groups (broad SMARTS) is 2. The summed E-state index contributed by atoms with van der Waals surface area (Å²) in [6.45, 7) is 3.85. The number of methoxy groups -OCH3 is 1. The van der Waals surface area contributed by atoms with Gasteiger partial charge >= 0.3 is 11.9 Å². The summed E-state index contributed by atoms with van der Waals surface area (Å²) >= 11 is 0. The Morgan fingerprint density at radius 1 is 0.803 bits per heavy atom. The molecule has 2 fully saturated rings. The summed E-state index contributed by atoms with van der Waals surface area (Å²) < 4.78 is 29.8. The molecule has 4 aromatic carbocycles. The zero-order valence-corrected chi connectivity index (χ0v) is 38.7. The molecular formula is C49H52N2O20. The van der Waals surface area contributed by atoms with Gasteiger partial charge < -0.3 is 80.1 Å². The van der Waals surface area contributed by atoms with Crippen molar-refractivity contribution in [1.82, 2.24) is 10.2 Å². The predicted molar refractivity (Wildman–Crippen MR) is 241 cm³/mol. The van der Waals surface area contributed by atoms with Crippen molar-refractivity contribution < 1.29 is 98.7 Å². The molecule has 71 heavy (non-hydrogen) atoms. The topological polar surface area (TPSA) is 349 Å². The Balaban J connectivity index is 1.22. The second-order valence-corrected chi connectivity index (χ2v) is 18.1. The first-order chi connectivity index (χ1) is 33.5. The molecule has 0 radical (unpaired) electrons. The lowest BCUT2D eigenvalue weighted by molar-refractivity contribution is -0.346. The van der Waals surface area contributed by atoms with Crippen molar-refractivity contribution in [3.8, 4) is 34.1 Å². The van der Waals surface area contributed by atoms with E-state index in [1.54, 1.807) is 43.1 Å². The van der Waals surface area contributed by atoms with Crippen molar-refractivity contribution in [3.05, 3.63) is 104 Å². The van der Waals surface area contributed by atoms with Crippen molar-refractivity contribution in [1.29, 1.82) is 0 Å². The van der Waals surface area contributed by atoms with Gasteiger partial charge in [-0.1, -0.05) is 30.3 Å². The fourth-order valence-corrected chi connectivity index (χ4v) is 9.82. The number of aliphatic hydroxyl groups is 5. The van der Waals surface area contributed by atoms with E-state index in [-0.39, 0.29) is 41.0 Å². The lowest BCUT2D eigenvalue weighted by Crippen LogP contribution is -2.65. The molecule has 0 saturated carbocycles. The number of nitrogens with zero attached hydrogens (tertiary/aromatic N) is 1. The molecule has 0 spiro atoms. The van der Waals surface area contributed by atoms with Crippen LogP contribution in [0.4, 0.5) is 0 Å². The molecule has 12 atom stereocenters. The zero-order valence-electron chi connectivity index (χ0n) is 38.7. The molecule has 1 amide bonds. The number of aryl methyl sites for hydroxylation is 1. The molecule has 0 unspecified atom stereocenters. The maximum atomic E-state index is 14.2. The number of carboxylic acids is 2. The van der Waals surface area contributed by atoms with E-state index in [0.717, 1.165) is 12.1 Å². The maximum Gasteiger partial charge on any atom is 0.325 e. The number of nitrogens with one attached hydrogen (secondary N) is 1. The van der Waals surface area contributed by atoms with Crippen molar-refractivity contribution in [3.63, 3.8) is 0 Å². The van der Waals surface area contributed by atoms with Crippen LogP contribution in [0.25, 0.3) is 11.1 Å². The highest BCUT2D eigenvalue weighted by Gasteiger charge is 2.52. The summed E-state index contributed by atoms with van der Waals surface area (Å²) in [6.07, 6.45) is -16.6. The molecule has 2 aliphatic carbocycles. The van der Waals surface area contributed by atoms with Crippen LogP contribution in [0.15, 0.2) is 48.5 Å². The van der Waals surface area contributed by atoms with Gasteiger partial charge in [0.15, 0.2) is 24.1 Å². The molecule has 2 saturated heterocycles. The first kappa shape index (κ1) is 50.8. The summed E-state index contributed by atoms with van der Waals surface area (Å²) in [6, 6.07) is 8.95. The van der Waals surface area contributed by atoms with Gasteiger partial charge in [-0.2, -0.15) is 0 Å². The van der Waals surface area contributed by atoms with Crippen LogP contribution in [0.5, 0.6) is 23.0 Å². The minimum absolute atomic E-state index is 0.00134. The Labute approximate surface area is 403 Å². The minimum atomic E-state index is -1.96.